The first-order valence-corrected chi connectivity index (χ1v) is 14.0. The highest BCUT2D eigenvalue weighted by molar-refractivity contribution is 5.94. The lowest BCUT2D eigenvalue weighted by Gasteiger charge is -2.37. The van der Waals surface area contributed by atoms with Crippen LogP contribution in [0.25, 0.3) is 0 Å². The first-order valence-electron chi connectivity index (χ1n) is 14.0. The fourth-order valence-corrected chi connectivity index (χ4v) is 5.30. The predicted molar refractivity (Wildman–Crippen MR) is 159 cm³/mol. The summed E-state index contributed by atoms with van der Waals surface area (Å²) >= 11 is 0. The Morgan fingerprint density at radius 3 is 2.00 bits per heavy atom. The van der Waals surface area contributed by atoms with Gasteiger partial charge in [-0.2, -0.15) is 13.2 Å². The zero-order chi connectivity index (χ0) is 33.1. The van der Waals surface area contributed by atoms with E-state index < -0.39 is 53.1 Å². The lowest BCUT2D eigenvalue weighted by molar-refractivity contribution is -0.167. The molecule has 11 nitrogen and oxygen atoms in total. The number of alkyl halides is 3. The summed E-state index contributed by atoms with van der Waals surface area (Å²) in [5.74, 6) is -1.15. The summed E-state index contributed by atoms with van der Waals surface area (Å²) in [6.07, 6.45) is -8.10. The highest BCUT2D eigenvalue weighted by Crippen LogP contribution is 2.42. The van der Waals surface area contributed by atoms with Gasteiger partial charge in [0.2, 0.25) is 0 Å². The number of nitrogens with one attached hydrogen (secondary N) is 2. The van der Waals surface area contributed by atoms with Gasteiger partial charge in [-0.3, -0.25) is 19.1 Å². The zero-order valence-electron chi connectivity index (χ0n) is 24.6. The number of hydrogen-bond donors (Lipinski definition) is 3. The van der Waals surface area contributed by atoms with Gasteiger partial charge in [0.05, 0.1) is 26.9 Å². The molecule has 1 aliphatic heterocycles. The van der Waals surface area contributed by atoms with Gasteiger partial charge >= 0.3 is 17.8 Å². The van der Waals surface area contributed by atoms with Crippen LogP contribution in [0, 0.1) is 0 Å². The number of methoxy groups -OCH3 is 2. The van der Waals surface area contributed by atoms with Crippen LogP contribution in [0.5, 0.6) is 11.5 Å². The van der Waals surface area contributed by atoms with Gasteiger partial charge in [-0.1, -0.05) is 54.6 Å². The number of ether oxygens (including phenoxy) is 4. The number of halogens is 3. The number of nitrogens with zero attached hydrogens (tertiary/aromatic N) is 1. The smallest absolute Gasteiger partial charge is 0.471 e. The van der Waals surface area contributed by atoms with Crippen molar-refractivity contribution < 1.29 is 42.0 Å². The van der Waals surface area contributed by atoms with Crippen LogP contribution in [0.3, 0.4) is 0 Å². The highest BCUT2D eigenvalue weighted by atomic mass is 19.4. The van der Waals surface area contributed by atoms with Gasteiger partial charge in [0, 0.05) is 12.6 Å². The van der Waals surface area contributed by atoms with E-state index in [0.29, 0.717) is 11.5 Å². The van der Waals surface area contributed by atoms with Crippen LogP contribution in [-0.2, 0) is 19.9 Å². The predicted octanol–water partition coefficient (Wildman–Crippen LogP) is 3.71. The van der Waals surface area contributed by atoms with Crippen molar-refractivity contribution >= 4 is 11.6 Å². The number of amides is 1. The minimum Gasteiger partial charge on any atom is -0.497 e. The molecule has 242 valence electrons. The summed E-state index contributed by atoms with van der Waals surface area (Å²) in [6.45, 7) is -0.208. The second kappa shape index (κ2) is 13.2. The average molecular weight is 642 g/mol. The first kappa shape index (κ1) is 32.5. The molecule has 5 rings (SSSR count). The van der Waals surface area contributed by atoms with Crippen LogP contribution >= 0.6 is 0 Å². The number of aromatic amines is 1. The van der Waals surface area contributed by atoms with Crippen molar-refractivity contribution in [1.29, 1.82) is 0 Å². The molecule has 0 bridgehead atoms. The zero-order valence-corrected chi connectivity index (χ0v) is 24.6. The number of benzene rings is 3. The summed E-state index contributed by atoms with van der Waals surface area (Å²) in [7, 11) is 3.10. The standard InChI is InChI=1S/C32H30F3N3O8/c1-43-22-12-8-20(9-13-22)31(19-6-4-3-5-7-19,21-10-14-23(44-2)15-11-21)45-18-26-25(39)16-27(46-26)38-17-24(28(40)37-30(38)42)36-29(41)32(33,34)35/h3-15,17,25-27,39H,16,18H2,1-2H3,(H,36,41)(H,37,40,42)/t25-,26+,27+/m0/s1. The lowest BCUT2D eigenvalue weighted by Crippen LogP contribution is -2.38. The van der Waals surface area contributed by atoms with E-state index in [1.807, 2.05) is 59.6 Å². The van der Waals surface area contributed by atoms with Gasteiger partial charge in [0.25, 0.3) is 5.56 Å². The van der Waals surface area contributed by atoms with Gasteiger partial charge < -0.3 is 29.4 Å². The Labute approximate surface area is 260 Å². The molecule has 1 aliphatic rings. The van der Waals surface area contributed by atoms with E-state index in [1.165, 1.54) is 5.32 Å². The van der Waals surface area contributed by atoms with E-state index in [1.54, 1.807) is 38.5 Å². The molecule has 3 N–H and O–H groups in total. The topological polar surface area (TPSA) is 141 Å². The number of carbonyl (C=O) groups is 1. The number of aliphatic hydroxyl groups is 1. The number of rotatable bonds is 10. The average Bonchev–Trinajstić information content (AvgIpc) is 3.42. The second-order valence-corrected chi connectivity index (χ2v) is 10.4. The molecule has 0 aliphatic carbocycles. The minimum absolute atomic E-state index is 0.171. The summed E-state index contributed by atoms with van der Waals surface area (Å²) in [5.41, 5.74) is -2.12. The van der Waals surface area contributed by atoms with E-state index >= 15 is 0 Å². The maximum absolute atomic E-state index is 12.8. The van der Waals surface area contributed by atoms with Gasteiger partial charge in [-0.25, -0.2) is 4.79 Å². The Bertz CT molecular complexity index is 1730. The molecular formula is C32H30F3N3O8. The van der Waals surface area contributed by atoms with Crippen LogP contribution < -0.4 is 26.0 Å². The third-order valence-corrected chi connectivity index (χ3v) is 7.63. The van der Waals surface area contributed by atoms with Crippen LogP contribution in [0.15, 0.2) is 94.6 Å². The quantitative estimate of drug-likeness (QED) is 0.223. The molecule has 4 aromatic rings. The Balaban J connectivity index is 1.49. The van der Waals surface area contributed by atoms with Gasteiger partial charge in [-0.15, -0.1) is 0 Å². The molecule has 1 aromatic heterocycles. The van der Waals surface area contributed by atoms with Crippen molar-refractivity contribution in [2.45, 2.75) is 36.6 Å². The molecule has 0 unspecified atom stereocenters. The third kappa shape index (κ3) is 6.54. The SMILES string of the molecule is COc1ccc(C(OC[C@H]2O[C@@H](n3cc(NC(=O)C(F)(F)F)c(=O)[nH]c3=O)C[C@@H]2O)(c2ccccc2)c2ccc(OC)cc2)cc1. The Hall–Kier alpha value is -4.92. The van der Waals surface area contributed by atoms with Crippen molar-refractivity contribution in [3.8, 4) is 11.5 Å². The summed E-state index contributed by atoms with van der Waals surface area (Å²) < 4.78 is 62.6. The highest BCUT2D eigenvalue weighted by Gasteiger charge is 2.43. The van der Waals surface area contributed by atoms with Gasteiger partial charge in [-0.05, 0) is 41.0 Å². The maximum Gasteiger partial charge on any atom is 0.471 e. The van der Waals surface area contributed by atoms with Crippen LogP contribution in [0.2, 0.25) is 0 Å². The number of carbonyl (C=O) groups excluding carboxylic acids is 1. The molecule has 0 saturated carbocycles. The molecule has 3 atom stereocenters. The van der Waals surface area contributed by atoms with Gasteiger partial charge in [0.15, 0.2) is 0 Å². The summed E-state index contributed by atoms with van der Waals surface area (Å²) in [5, 5.41) is 12.4. The van der Waals surface area contributed by atoms with E-state index in [2.05, 4.69) is 0 Å². The van der Waals surface area contributed by atoms with Crippen LogP contribution in [0.1, 0.15) is 29.3 Å². The number of aromatic nitrogens is 2. The summed E-state index contributed by atoms with van der Waals surface area (Å²) in [4.78, 5) is 38.0. The van der Waals surface area contributed by atoms with E-state index in [4.69, 9.17) is 18.9 Å². The largest absolute Gasteiger partial charge is 0.497 e. The number of aliphatic hydroxyl groups excluding tert-OH is 1. The van der Waals surface area contributed by atoms with E-state index in [9.17, 15) is 32.7 Å². The number of anilines is 1. The Kier molecular flexibility index (Phi) is 9.32. The first-order chi connectivity index (χ1) is 22.0. The molecule has 14 heteroatoms. The van der Waals surface area contributed by atoms with E-state index in [-0.39, 0.29) is 13.0 Å². The summed E-state index contributed by atoms with van der Waals surface area (Å²) in [6, 6.07) is 23.9. The molecule has 1 saturated heterocycles. The molecule has 2 heterocycles. The second-order valence-electron chi connectivity index (χ2n) is 10.4. The fraction of sp³-hybridized carbons (Fsp3) is 0.281. The normalized spacial score (nSPS) is 18.3. The monoisotopic (exact) mass is 641 g/mol. The molecule has 0 radical (unpaired) electrons. The van der Waals surface area contributed by atoms with Crippen molar-refractivity contribution in [2.75, 3.05) is 26.1 Å². The van der Waals surface area contributed by atoms with Crippen molar-refractivity contribution in [2.24, 2.45) is 0 Å². The Morgan fingerprint density at radius 2 is 1.48 bits per heavy atom. The lowest BCUT2D eigenvalue weighted by atomic mass is 9.80. The molecule has 1 amide bonds. The van der Waals surface area contributed by atoms with E-state index in [0.717, 1.165) is 27.5 Å². The molecule has 46 heavy (non-hydrogen) atoms. The minimum atomic E-state index is -5.27. The molecule has 0 spiro atoms. The molecule has 1 fully saturated rings. The molecule has 3 aromatic carbocycles. The maximum atomic E-state index is 12.8. The van der Waals surface area contributed by atoms with Crippen molar-refractivity contribution in [1.82, 2.24) is 9.55 Å². The third-order valence-electron chi connectivity index (χ3n) is 7.63. The number of hydrogen-bond acceptors (Lipinski definition) is 8. The number of H-pyrrole nitrogens is 1. The van der Waals surface area contributed by atoms with Gasteiger partial charge in [0.1, 0.15) is 35.1 Å². The van der Waals surface area contributed by atoms with Crippen LogP contribution in [-0.4, -0.2) is 59.8 Å². The fourth-order valence-electron chi connectivity index (χ4n) is 5.30. The molecular weight excluding hydrogens is 611 g/mol. The Morgan fingerprint density at radius 1 is 0.935 bits per heavy atom. The van der Waals surface area contributed by atoms with Crippen molar-refractivity contribution in [3.05, 3.63) is 123 Å². The van der Waals surface area contributed by atoms with Crippen molar-refractivity contribution in [3.63, 3.8) is 0 Å². The van der Waals surface area contributed by atoms with Crippen LogP contribution in [0.4, 0.5) is 18.9 Å².